The van der Waals surface area contributed by atoms with Crippen LogP contribution in [-0.4, -0.2) is 25.2 Å². The highest BCUT2D eigenvalue weighted by molar-refractivity contribution is 5.95. The van der Waals surface area contributed by atoms with Gasteiger partial charge in [-0.25, -0.2) is 4.39 Å². The molecule has 19 heavy (non-hydrogen) atoms. The fraction of sp³-hybridized carbons (Fsp3) is 0.500. The molecule has 1 unspecified atom stereocenters. The van der Waals surface area contributed by atoms with Crippen molar-refractivity contribution in [1.82, 2.24) is 5.32 Å². The summed E-state index contributed by atoms with van der Waals surface area (Å²) in [6.07, 6.45) is 0. The standard InChI is InChI=1S/C14H21FN2O2/c1-4-19-8-13(9(2)3)17-14(18)11-6-5-10(16)7-12(11)15/h5-7,9,13H,4,8,16H2,1-3H3,(H,17,18). The van der Waals surface area contributed by atoms with Crippen molar-refractivity contribution in [3.63, 3.8) is 0 Å². The van der Waals surface area contributed by atoms with Crippen LogP contribution >= 0.6 is 0 Å². The first-order chi connectivity index (χ1) is 8.95. The highest BCUT2D eigenvalue weighted by Gasteiger charge is 2.19. The fourth-order valence-corrected chi connectivity index (χ4v) is 1.61. The molecule has 0 aromatic heterocycles. The van der Waals surface area contributed by atoms with E-state index in [4.69, 9.17) is 10.5 Å². The van der Waals surface area contributed by atoms with E-state index in [0.29, 0.717) is 18.9 Å². The van der Waals surface area contributed by atoms with Crippen LogP contribution in [0.2, 0.25) is 0 Å². The van der Waals surface area contributed by atoms with Crippen LogP contribution < -0.4 is 11.1 Å². The van der Waals surface area contributed by atoms with Gasteiger partial charge < -0.3 is 15.8 Å². The van der Waals surface area contributed by atoms with E-state index in [2.05, 4.69) is 5.32 Å². The molecule has 1 aromatic rings. The maximum atomic E-state index is 13.6. The molecular weight excluding hydrogens is 247 g/mol. The molecule has 106 valence electrons. The number of rotatable bonds is 6. The third-order valence-electron chi connectivity index (χ3n) is 2.86. The molecule has 0 aliphatic carbocycles. The number of anilines is 1. The first kappa shape index (κ1) is 15.4. The molecule has 0 fully saturated rings. The Kier molecular flexibility index (Phi) is 5.76. The Bertz CT molecular complexity index is 435. The van der Waals surface area contributed by atoms with Gasteiger partial charge in [-0.3, -0.25) is 4.79 Å². The van der Waals surface area contributed by atoms with Crippen LogP contribution in [0, 0.1) is 11.7 Å². The van der Waals surface area contributed by atoms with Gasteiger partial charge in [0, 0.05) is 12.3 Å². The first-order valence-corrected chi connectivity index (χ1v) is 6.39. The van der Waals surface area contributed by atoms with E-state index in [-0.39, 0.29) is 17.5 Å². The predicted octanol–water partition coefficient (Wildman–Crippen LogP) is 2.20. The molecule has 4 nitrogen and oxygen atoms in total. The van der Waals surface area contributed by atoms with Crippen molar-refractivity contribution < 1.29 is 13.9 Å². The zero-order valence-corrected chi connectivity index (χ0v) is 11.6. The molecule has 1 atom stereocenters. The van der Waals surface area contributed by atoms with Gasteiger partial charge in [0.15, 0.2) is 0 Å². The number of nitrogens with one attached hydrogen (secondary N) is 1. The summed E-state index contributed by atoms with van der Waals surface area (Å²) >= 11 is 0. The molecule has 0 heterocycles. The average Bonchev–Trinajstić information content (AvgIpc) is 2.33. The van der Waals surface area contributed by atoms with Crippen molar-refractivity contribution in [2.45, 2.75) is 26.8 Å². The quantitative estimate of drug-likeness (QED) is 0.777. The van der Waals surface area contributed by atoms with Gasteiger partial charge in [0.25, 0.3) is 5.91 Å². The van der Waals surface area contributed by atoms with E-state index < -0.39 is 11.7 Å². The summed E-state index contributed by atoms with van der Waals surface area (Å²) in [4.78, 5) is 12.0. The van der Waals surface area contributed by atoms with E-state index in [1.54, 1.807) is 0 Å². The summed E-state index contributed by atoms with van der Waals surface area (Å²) in [5, 5.41) is 2.78. The number of hydrogen-bond acceptors (Lipinski definition) is 3. The summed E-state index contributed by atoms with van der Waals surface area (Å²) < 4.78 is 18.9. The SMILES string of the molecule is CCOCC(NC(=O)c1ccc(N)cc1F)C(C)C. The van der Waals surface area contributed by atoms with Crippen molar-refractivity contribution in [3.8, 4) is 0 Å². The smallest absolute Gasteiger partial charge is 0.254 e. The van der Waals surface area contributed by atoms with E-state index in [9.17, 15) is 9.18 Å². The maximum absolute atomic E-state index is 13.6. The van der Waals surface area contributed by atoms with Gasteiger partial charge in [0.1, 0.15) is 5.82 Å². The zero-order valence-electron chi connectivity index (χ0n) is 11.6. The van der Waals surface area contributed by atoms with Crippen molar-refractivity contribution in [1.29, 1.82) is 0 Å². The lowest BCUT2D eigenvalue weighted by atomic mass is 10.0. The van der Waals surface area contributed by atoms with Gasteiger partial charge in [-0.05, 0) is 31.0 Å². The Labute approximate surface area is 113 Å². The third kappa shape index (κ3) is 4.52. The van der Waals surface area contributed by atoms with Crippen LogP contribution in [0.25, 0.3) is 0 Å². The molecule has 0 saturated carbocycles. The highest BCUT2D eigenvalue weighted by atomic mass is 19.1. The molecule has 0 bridgehead atoms. The lowest BCUT2D eigenvalue weighted by Crippen LogP contribution is -2.42. The molecule has 1 amide bonds. The zero-order chi connectivity index (χ0) is 14.4. The van der Waals surface area contributed by atoms with Crippen molar-refractivity contribution in [2.24, 2.45) is 5.92 Å². The Balaban J connectivity index is 2.76. The number of halogens is 1. The van der Waals surface area contributed by atoms with Gasteiger partial charge >= 0.3 is 0 Å². The van der Waals surface area contributed by atoms with E-state index >= 15 is 0 Å². The summed E-state index contributed by atoms with van der Waals surface area (Å²) in [5.74, 6) is -0.861. The second-order valence-electron chi connectivity index (χ2n) is 4.72. The molecule has 0 spiro atoms. The number of amides is 1. The van der Waals surface area contributed by atoms with Gasteiger partial charge in [-0.2, -0.15) is 0 Å². The first-order valence-electron chi connectivity index (χ1n) is 6.39. The van der Waals surface area contributed by atoms with Crippen LogP contribution in [0.3, 0.4) is 0 Å². The number of ether oxygens (including phenoxy) is 1. The van der Waals surface area contributed by atoms with Gasteiger partial charge in [-0.1, -0.05) is 13.8 Å². The van der Waals surface area contributed by atoms with Crippen molar-refractivity contribution in [3.05, 3.63) is 29.6 Å². The van der Waals surface area contributed by atoms with Crippen molar-refractivity contribution >= 4 is 11.6 Å². The van der Waals surface area contributed by atoms with Gasteiger partial charge in [0.2, 0.25) is 0 Å². The minimum atomic E-state index is -0.614. The average molecular weight is 268 g/mol. The van der Waals surface area contributed by atoms with Crippen molar-refractivity contribution in [2.75, 3.05) is 18.9 Å². The molecule has 1 rings (SSSR count). The van der Waals surface area contributed by atoms with Gasteiger partial charge in [0.05, 0.1) is 18.2 Å². The van der Waals surface area contributed by atoms with Gasteiger partial charge in [-0.15, -0.1) is 0 Å². The monoisotopic (exact) mass is 268 g/mol. The third-order valence-corrected chi connectivity index (χ3v) is 2.86. The molecule has 0 aliphatic heterocycles. The second-order valence-corrected chi connectivity index (χ2v) is 4.72. The molecule has 5 heteroatoms. The number of nitrogens with two attached hydrogens (primary N) is 1. The van der Waals surface area contributed by atoms with Crippen LogP contribution in [-0.2, 0) is 4.74 Å². The molecule has 0 aliphatic rings. The lowest BCUT2D eigenvalue weighted by Gasteiger charge is -2.22. The number of carbonyl (C=O) groups is 1. The fourth-order valence-electron chi connectivity index (χ4n) is 1.61. The predicted molar refractivity (Wildman–Crippen MR) is 73.4 cm³/mol. The second kappa shape index (κ2) is 7.09. The van der Waals surface area contributed by atoms with E-state index in [0.717, 1.165) is 6.07 Å². The summed E-state index contributed by atoms with van der Waals surface area (Å²) in [6.45, 7) is 6.83. The number of hydrogen-bond donors (Lipinski definition) is 2. The minimum Gasteiger partial charge on any atom is -0.399 e. The maximum Gasteiger partial charge on any atom is 0.254 e. The summed E-state index contributed by atoms with van der Waals surface area (Å²) in [6, 6.07) is 3.88. The Morgan fingerprint density at radius 1 is 1.47 bits per heavy atom. The molecular formula is C14H21FN2O2. The van der Waals surface area contributed by atoms with E-state index in [1.807, 2.05) is 20.8 Å². The topological polar surface area (TPSA) is 64.3 Å². The summed E-state index contributed by atoms with van der Waals surface area (Å²) in [7, 11) is 0. The Hall–Kier alpha value is -1.62. The van der Waals surface area contributed by atoms with Crippen LogP contribution in [0.1, 0.15) is 31.1 Å². The normalized spacial score (nSPS) is 12.5. The molecule has 0 saturated heterocycles. The molecule has 3 N–H and O–H groups in total. The number of benzene rings is 1. The van der Waals surface area contributed by atoms with Crippen LogP contribution in [0.4, 0.5) is 10.1 Å². The van der Waals surface area contributed by atoms with Crippen LogP contribution in [0.15, 0.2) is 18.2 Å². The summed E-state index contributed by atoms with van der Waals surface area (Å²) in [5.41, 5.74) is 5.74. The minimum absolute atomic E-state index is 0.00338. The number of nitrogen functional groups attached to an aromatic ring is 1. The van der Waals surface area contributed by atoms with E-state index in [1.165, 1.54) is 12.1 Å². The lowest BCUT2D eigenvalue weighted by molar-refractivity contribution is 0.0803. The Morgan fingerprint density at radius 2 is 2.16 bits per heavy atom. The highest BCUT2D eigenvalue weighted by Crippen LogP contribution is 2.13. The molecule has 0 radical (unpaired) electrons. The Morgan fingerprint density at radius 3 is 2.68 bits per heavy atom. The largest absolute Gasteiger partial charge is 0.399 e. The number of carbonyl (C=O) groups excluding carboxylic acids is 1. The van der Waals surface area contributed by atoms with Crippen LogP contribution in [0.5, 0.6) is 0 Å². The molecule has 1 aromatic carbocycles.